The summed E-state index contributed by atoms with van der Waals surface area (Å²) in [5.74, 6) is 0. The van der Waals surface area contributed by atoms with E-state index in [0.29, 0.717) is 6.61 Å². The van der Waals surface area contributed by atoms with Crippen LogP contribution < -0.4 is 0 Å². The van der Waals surface area contributed by atoms with Crippen molar-refractivity contribution in [1.82, 2.24) is 4.90 Å². The molecule has 3 nitrogen and oxygen atoms in total. The van der Waals surface area contributed by atoms with Crippen LogP contribution in [0.25, 0.3) is 0 Å². The van der Waals surface area contributed by atoms with E-state index in [2.05, 4.69) is 50.3 Å². The van der Waals surface area contributed by atoms with Crippen molar-refractivity contribution >= 4 is 6.09 Å². The van der Waals surface area contributed by atoms with Crippen LogP contribution in [-0.2, 0) is 11.2 Å². The Morgan fingerprint density at radius 1 is 1.04 bits per heavy atom. The maximum absolute atomic E-state index is 12.4. The first-order chi connectivity index (χ1) is 12.2. The number of nitrogens with zero attached hydrogens (tertiary/aromatic N) is 1. The zero-order chi connectivity index (χ0) is 18.1. The summed E-state index contributed by atoms with van der Waals surface area (Å²) >= 11 is 0. The minimum Gasteiger partial charge on any atom is -0.449 e. The Kier molecular flexibility index (Phi) is 7.77. The highest BCUT2D eigenvalue weighted by Crippen LogP contribution is 2.30. The SMILES string of the molecule is CCCCC1=CN(C(=O)OCC)C(c2ccc(CCCC)cc2)C=C1. The van der Waals surface area contributed by atoms with E-state index in [9.17, 15) is 4.79 Å². The molecular weight excluding hydrogens is 310 g/mol. The van der Waals surface area contributed by atoms with E-state index in [0.717, 1.165) is 31.2 Å². The van der Waals surface area contributed by atoms with Crippen LogP contribution in [0.2, 0.25) is 0 Å². The lowest BCUT2D eigenvalue weighted by Crippen LogP contribution is -2.32. The Morgan fingerprint density at radius 3 is 2.36 bits per heavy atom. The van der Waals surface area contributed by atoms with E-state index < -0.39 is 0 Å². The van der Waals surface area contributed by atoms with Crippen LogP contribution in [-0.4, -0.2) is 17.6 Å². The summed E-state index contributed by atoms with van der Waals surface area (Å²) in [5, 5.41) is 0. The zero-order valence-electron chi connectivity index (χ0n) is 15.8. The van der Waals surface area contributed by atoms with Crippen molar-refractivity contribution in [3.05, 3.63) is 59.3 Å². The van der Waals surface area contributed by atoms with Crippen LogP contribution in [0.4, 0.5) is 4.79 Å². The number of allylic oxidation sites excluding steroid dienone is 2. The molecule has 0 aliphatic carbocycles. The number of unbranched alkanes of at least 4 members (excludes halogenated alkanes) is 2. The molecule has 136 valence electrons. The van der Waals surface area contributed by atoms with Crippen LogP contribution >= 0.6 is 0 Å². The lowest BCUT2D eigenvalue weighted by molar-refractivity contribution is 0.114. The van der Waals surface area contributed by atoms with Crippen LogP contribution in [0, 0.1) is 0 Å². The molecule has 0 spiro atoms. The van der Waals surface area contributed by atoms with Crippen molar-refractivity contribution in [3.8, 4) is 0 Å². The summed E-state index contributed by atoms with van der Waals surface area (Å²) in [6.07, 6.45) is 12.7. The quantitative estimate of drug-likeness (QED) is 0.565. The molecule has 25 heavy (non-hydrogen) atoms. The minimum atomic E-state index is -0.277. The summed E-state index contributed by atoms with van der Waals surface area (Å²) in [4.78, 5) is 14.2. The monoisotopic (exact) mass is 341 g/mol. The number of carbonyl (C=O) groups is 1. The van der Waals surface area contributed by atoms with Crippen molar-refractivity contribution in [1.29, 1.82) is 0 Å². The Hall–Kier alpha value is -2.03. The Morgan fingerprint density at radius 2 is 1.72 bits per heavy atom. The Labute approximate surface area is 152 Å². The van der Waals surface area contributed by atoms with Gasteiger partial charge in [0, 0.05) is 6.20 Å². The molecule has 0 saturated heterocycles. The van der Waals surface area contributed by atoms with Gasteiger partial charge in [-0.1, -0.05) is 63.1 Å². The van der Waals surface area contributed by atoms with Gasteiger partial charge in [0.2, 0.25) is 0 Å². The normalized spacial score (nSPS) is 16.7. The highest BCUT2D eigenvalue weighted by molar-refractivity contribution is 5.71. The number of rotatable bonds is 8. The average Bonchev–Trinajstić information content (AvgIpc) is 2.65. The van der Waals surface area contributed by atoms with E-state index in [1.807, 2.05) is 13.1 Å². The van der Waals surface area contributed by atoms with Gasteiger partial charge < -0.3 is 4.74 Å². The topological polar surface area (TPSA) is 29.5 Å². The van der Waals surface area contributed by atoms with Gasteiger partial charge in [-0.25, -0.2) is 4.79 Å². The molecule has 1 aromatic carbocycles. The number of ether oxygens (including phenoxy) is 1. The molecular formula is C22H31NO2. The van der Waals surface area contributed by atoms with Gasteiger partial charge in [0.05, 0.1) is 12.6 Å². The number of amides is 1. The van der Waals surface area contributed by atoms with Crippen molar-refractivity contribution < 1.29 is 9.53 Å². The van der Waals surface area contributed by atoms with Crippen LogP contribution in [0.15, 0.2) is 48.2 Å². The molecule has 1 amide bonds. The second-order valence-corrected chi connectivity index (χ2v) is 6.56. The number of carbonyl (C=O) groups excluding carboxylic acids is 1. The fourth-order valence-corrected chi connectivity index (χ4v) is 3.04. The highest BCUT2D eigenvalue weighted by Gasteiger charge is 2.25. The molecule has 0 N–H and O–H groups in total. The van der Waals surface area contributed by atoms with Gasteiger partial charge in [-0.2, -0.15) is 0 Å². The molecule has 1 heterocycles. The van der Waals surface area contributed by atoms with E-state index in [1.165, 1.54) is 24.0 Å². The fourth-order valence-electron chi connectivity index (χ4n) is 3.04. The Bertz CT molecular complexity index is 601. The second-order valence-electron chi connectivity index (χ2n) is 6.56. The Balaban J connectivity index is 2.18. The first-order valence-corrected chi connectivity index (χ1v) is 9.62. The number of aryl methyl sites for hydroxylation is 1. The van der Waals surface area contributed by atoms with Crippen molar-refractivity contribution in [3.63, 3.8) is 0 Å². The third-order valence-corrected chi connectivity index (χ3v) is 4.54. The van der Waals surface area contributed by atoms with Crippen molar-refractivity contribution in [2.45, 2.75) is 65.3 Å². The van der Waals surface area contributed by atoms with E-state index in [1.54, 1.807) is 4.90 Å². The molecule has 0 aromatic heterocycles. The zero-order valence-corrected chi connectivity index (χ0v) is 15.8. The lowest BCUT2D eigenvalue weighted by atomic mass is 9.97. The number of hydrogen-bond acceptors (Lipinski definition) is 2. The number of benzene rings is 1. The predicted molar refractivity (Wildman–Crippen MR) is 103 cm³/mol. The van der Waals surface area contributed by atoms with Crippen LogP contribution in [0.5, 0.6) is 0 Å². The fraction of sp³-hybridized carbons (Fsp3) is 0.500. The molecule has 1 aliphatic heterocycles. The van der Waals surface area contributed by atoms with Crippen molar-refractivity contribution in [2.75, 3.05) is 6.61 Å². The summed E-state index contributed by atoms with van der Waals surface area (Å²) in [7, 11) is 0. The molecule has 0 fully saturated rings. The third-order valence-electron chi connectivity index (χ3n) is 4.54. The predicted octanol–water partition coefficient (Wildman–Crippen LogP) is 6.17. The molecule has 3 heteroatoms. The van der Waals surface area contributed by atoms with Gasteiger partial charge in [0.25, 0.3) is 0 Å². The average molecular weight is 341 g/mol. The summed E-state index contributed by atoms with van der Waals surface area (Å²) in [5.41, 5.74) is 3.66. The standard InChI is InChI=1S/C22H31NO2/c1-4-7-9-18-11-14-20(15-12-18)21-16-13-19(10-8-5-2)17-23(21)22(24)25-6-3/h11-17,21H,4-10H2,1-3H3. The van der Waals surface area contributed by atoms with Gasteiger partial charge in [0.1, 0.15) is 0 Å². The molecule has 0 saturated carbocycles. The van der Waals surface area contributed by atoms with Gasteiger partial charge in [-0.05, 0) is 49.3 Å². The smallest absolute Gasteiger partial charge is 0.414 e. The van der Waals surface area contributed by atoms with Gasteiger partial charge >= 0.3 is 6.09 Å². The molecule has 2 rings (SSSR count). The van der Waals surface area contributed by atoms with Crippen LogP contribution in [0.3, 0.4) is 0 Å². The first-order valence-electron chi connectivity index (χ1n) is 9.62. The molecule has 0 bridgehead atoms. The number of hydrogen-bond donors (Lipinski definition) is 0. The lowest BCUT2D eigenvalue weighted by Gasteiger charge is -2.30. The highest BCUT2D eigenvalue weighted by atomic mass is 16.6. The molecule has 1 unspecified atom stereocenters. The summed E-state index contributed by atoms with van der Waals surface area (Å²) in [6.45, 7) is 6.62. The van der Waals surface area contributed by atoms with Crippen molar-refractivity contribution in [2.24, 2.45) is 0 Å². The molecule has 1 atom stereocenters. The molecule has 0 radical (unpaired) electrons. The minimum absolute atomic E-state index is 0.0929. The van der Waals surface area contributed by atoms with E-state index in [-0.39, 0.29) is 12.1 Å². The van der Waals surface area contributed by atoms with Gasteiger partial charge in [0.15, 0.2) is 0 Å². The van der Waals surface area contributed by atoms with Gasteiger partial charge in [-0.15, -0.1) is 0 Å². The third kappa shape index (κ3) is 5.48. The second kappa shape index (κ2) is 10.1. The first kappa shape index (κ1) is 19.3. The largest absolute Gasteiger partial charge is 0.449 e. The summed E-state index contributed by atoms with van der Waals surface area (Å²) in [6, 6.07) is 8.54. The summed E-state index contributed by atoms with van der Waals surface area (Å²) < 4.78 is 5.27. The molecule has 1 aliphatic rings. The maximum atomic E-state index is 12.4. The van der Waals surface area contributed by atoms with E-state index >= 15 is 0 Å². The maximum Gasteiger partial charge on any atom is 0.414 e. The van der Waals surface area contributed by atoms with Gasteiger partial charge in [-0.3, -0.25) is 4.90 Å². The van der Waals surface area contributed by atoms with E-state index in [4.69, 9.17) is 4.74 Å². The van der Waals surface area contributed by atoms with Crippen LogP contribution in [0.1, 0.15) is 70.0 Å². The molecule has 1 aromatic rings.